The number of carbonyl (C=O) groups is 1. The molecule has 8 heteroatoms. The molecule has 0 spiro atoms. The highest BCUT2D eigenvalue weighted by Gasteiger charge is 2.50. The van der Waals surface area contributed by atoms with Crippen molar-refractivity contribution in [1.29, 1.82) is 0 Å². The average molecular weight is 418 g/mol. The number of nitrogens with zero attached hydrogens (tertiary/aromatic N) is 2. The first-order chi connectivity index (χ1) is 13.8. The summed E-state index contributed by atoms with van der Waals surface area (Å²) in [5, 5.41) is 4.12. The van der Waals surface area contributed by atoms with Gasteiger partial charge in [-0.2, -0.15) is 9.41 Å². The second-order valence-corrected chi connectivity index (χ2v) is 10.4. The van der Waals surface area contributed by atoms with Gasteiger partial charge in [0.2, 0.25) is 10.0 Å². The maximum Gasteiger partial charge on any atom is 0.271 e. The maximum absolute atomic E-state index is 12.8. The summed E-state index contributed by atoms with van der Waals surface area (Å²) < 4.78 is 32.2. The fraction of sp³-hybridized carbons (Fsp3) is 0.524. The van der Waals surface area contributed by atoms with Gasteiger partial charge in [-0.25, -0.2) is 13.8 Å². The minimum absolute atomic E-state index is 0.105. The van der Waals surface area contributed by atoms with Gasteiger partial charge in [-0.1, -0.05) is 26.0 Å². The first-order valence-corrected chi connectivity index (χ1v) is 11.5. The van der Waals surface area contributed by atoms with Gasteiger partial charge < -0.3 is 4.74 Å². The lowest BCUT2D eigenvalue weighted by Gasteiger charge is -2.55. The van der Waals surface area contributed by atoms with Crippen LogP contribution < -0.4 is 5.43 Å². The Bertz CT molecular complexity index is 962. The number of carbonyl (C=O) groups excluding carboxylic acids is 1. The topological polar surface area (TPSA) is 88.1 Å². The molecule has 29 heavy (non-hydrogen) atoms. The van der Waals surface area contributed by atoms with Crippen LogP contribution in [0, 0.1) is 17.3 Å². The van der Waals surface area contributed by atoms with E-state index in [0.29, 0.717) is 37.6 Å². The molecule has 2 bridgehead atoms. The highest BCUT2D eigenvalue weighted by atomic mass is 32.2. The fourth-order valence-electron chi connectivity index (χ4n) is 4.51. The van der Waals surface area contributed by atoms with Crippen molar-refractivity contribution in [2.45, 2.75) is 31.6 Å². The van der Waals surface area contributed by atoms with E-state index in [1.165, 1.54) is 28.4 Å². The van der Waals surface area contributed by atoms with Gasteiger partial charge in [-0.05, 0) is 53.9 Å². The van der Waals surface area contributed by atoms with E-state index in [1.807, 2.05) is 0 Å². The first-order valence-electron chi connectivity index (χ1n) is 10.0. The SMILES string of the molecule is CC1(C)[C@H]2CC=C(/C=N\NC(=O)c3cccc(S(=O)(=O)N4CCOCC4)c3)[C@@H]1C2. The summed E-state index contributed by atoms with van der Waals surface area (Å²) in [5.74, 6) is 0.807. The van der Waals surface area contributed by atoms with Gasteiger partial charge in [-0.3, -0.25) is 4.79 Å². The summed E-state index contributed by atoms with van der Waals surface area (Å²) in [5.41, 5.74) is 4.26. The zero-order valence-corrected chi connectivity index (χ0v) is 17.6. The molecule has 3 aliphatic carbocycles. The second kappa shape index (κ2) is 7.66. The van der Waals surface area contributed by atoms with Crippen molar-refractivity contribution in [3.8, 4) is 0 Å². The van der Waals surface area contributed by atoms with Gasteiger partial charge in [0.25, 0.3) is 5.91 Å². The minimum Gasteiger partial charge on any atom is -0.379 e. The highest BCUT2D eigenvalue weighted by Crippen LogP contribution is 2.58. The van der Waals surface area contributed by atoms with Crippen molar-refractivity contribution in [2.75, 3.05) is 26.3 Å². The van der Waals surface area contributed by atoms with E-state index in [0.717, 1.165) is 12.3 Å². The number of benzene rings is 1. The van der Waals surface area contributed by atoms with E-state index in [9.17, 15) is 13.2 Å². The Hall–Kier alpha value is -2.03. The molecule has 0 unspecified atom stereocenters. The van der Waals surface area contributed by atoms with Gasteiger partial charge in [0.05, 0.1) is 24.3 Å². The lowest BCUT2D eigenvalue weighted by molar-refractivity contribution is -0.00126. The molecule has 2 atom stereocenters. The molecule has 1 aliphatic heterocycles. The number of fused-ring (bicyclic) bond motifs is 1. The Balaban J connectivity index is 1.43. The molecule has 1 heterocycles. The molecule has 1 aromatic carbocycles. The largest absolute Gasteiger partial charge is 0.379 e. The minimum atomic E-state index is -3.64. The molecule has 2 fully saturated rings. The number of allylic oxidation sites excluding steroid dienone is 2. The smallest absolute Gasteiger partial charge is 0.271 e. The summed E-state index contributed by atoms with van der Waals surface area (Å²) in [6, 6.07) is 6.07. The van der Waals surface area contributed by atoms with Crippen LogP contribution in [0.4, 0.5) is 0 Å². The van der Waals surface area contributed by atoms with Crippen molar-refractivity contribution in [3.05, 3.63) is 41.5 Å². The molecule has 1 saturated heterocycles. The van der Waals surface area contributed by atoms with Crippen LogP contribution in [0.3, 0.4) is 0 Å². The van der Waals surface area contributed by atoms with Gasteiger partial charge in [0, 0.05) is 18.7 Å². The van der Waals surface area contributed by atoms with Gasteiger partial charge in [0.1, 0.15) is 0 Å². The molecule has 1 N–H and O–H groups in total. The van der Waals surface area contributed by atoms with Gasteiger partial charge in [0.15, 0.2) is 0 Å². The molecule has 7 nitrogen and oxygen atoms in total. The Morgan fingerprint density at radius 3 is 2.76 bits per heavy atom. The predicted octanol–water partition coefficient (Wildman–Crippen LogP) is 2.42. The summed E-state index contributed by atoms with van der Waals surface area (Å²) in [7, 11) is -3.64. The molecule has 156 valence electrons. The molecule has 0 radical (unpaired) electrons. The van der Waals surface area contributed by atoms with Crippen LogP contribution in [0.15, 0.2) is 45.9 Å². The van der Waals surface area contributed by atoms with Gasteiger partial charge in [-0.15, -0.1) is 0 Å². The number of rotatable bonds is 5. The number of ether oxygens (including phenoxy) is 1. The van der Waals surface area contributed by atoms with E-state index >= 15 is 0 Å². The molecule has 4 aliphatic rings. The normalized spacial score (nSPS) is 26.6. The Morgan fingerprint density at radius 1 is 1.31 bits per heavy atom. The van der Waals surface area contributed by atoms with Crippen LogP contribution in [-0.4, -0.2) is 51.1 Å². The number of amides is 1. The number of sulfonamides is 1. The third kappa shape index (κ3) is 3.76. The summed E-state index contributed by atoms with van der Waals surface area (Å²) in [4.78, 5) is 12.6. The third-order valence-electron chi connectivity index (χ3n) is 6.59. The number of morpholine rings is 1. The average Bonchev–Trinajstić information content (AvgIpc) is 2.74. The van der Waals surface area contributed by atoms with Crippen molar-refractivity contribution in [1.82, 2.24) is 9.73 Å². The lowest BCUT2D eigenvalue weighted by Crippen LogP contribution is -2.48. The summed E-state index contributed by atoms with van der Waals surface area (Å²) in [6.07, 6.45) is 6.17. The first kappa shape index (κ1) is 20.3. The Morgan fingerprint density at radius 2 is 2.07 bits per heavy atom. The number of hydrogen-bond donors (Lipinski definition) is 1. The maximum atomic E-state index is 12.8. The number of nitrogens with one attached hydrogen (secondary N) is 1. The zero-order chi connectivity index (χ0) is 20.6. The van der Waals surface area contributed by atoms with Crippen LogP contribution >= 0.6 is 0 Å². The zero-order valence-electron chi connectivity index (χ0n) is 16.8. The Labute approximate surface area is 171 Å². The molecular weight excluding hydrogens is 390 g/mol. The third-order valence-corrected chi connectivity index (χ3v) is 8.49. The van der Waals surface area contributed by atoms with Crippen LogP contribution in [0.2, 0.25) is 0 Å². The number of hydrogen-bond acceptors (Lipinski definition) is 5. The van der Waals surface area contributed by atoms with Crippen LogP contribution in [-0.2, 0) is 14.8 Å². The number of hydrazone groups is 1. The van der Waals surface area contributed by atoms with E-state index in [4.69, 9.17) is 4.74 Å². The van der Waals surface area contributed by atoms with Crippen molar-refractivity contribution < 1.29 is 17.9 Å². The standard InChI is InChI=1S/C21H27N3O4S/c1-21(2)17-7-6-16(19(21)13-17)14-22-23-20(25)15-4-3-5-18(12-15)29(26,27)24-8-10-28-11-9-24/h3-6,12,14,17,19H,7-11,13H2,1-2H3,(H,23,25)/b22-14-/t17-,19-/m0/s1. The Kier molecular flexibility index (Phi) is 5.35. The fourth-order valence-corrected chi connectivity index (χ4v) is 5.96. The van der Waals surface area contributed by atoms with Crippen LogP contribution in [0.25, 0.3) is 0 Å². The molecule has 1 aromatic rings. The lowest BCUT2D eigenvalue weighted by atomic mass is 9.49. The summed E-state index contributed by atoms with van der Waals surface area (Å²) >= 11 is 0. The van der Waals surface area contributed by atoms with Gasteiger partial charge >= 0.3 is 0 Å². The molecule has 0 aromatic heterocycles. The van der Waals surface area contributed by atoms with Crippen molar-refractivity contribution in [3.63, 3.8) is 0 Å². The van der Waals surface area contributed by atoms with E-state index < -0.39 is 15.9 Å². The van der Waals surface area contributed by atoms with E-state index in [1.54, 1.807) is 18.3 Å². The predicted molar refractivity (Wildman–Crippen MR) is 110 cm³/mol. The molecule has 5 rings (SSSR count). The van der Waals surface area contributed by atoms with Crippen molar-refractivity contribution in [2.24, 2.45) is 22.4 Å². The second-order valence-electron chi connectivity index (χ2n) is 8.49. The monoisotopic (exact) mass is 417 g/mol. The van der Waals surface area contributed by atoms with E-state index in [2.05, 4.69) is 30.5 Å². The molecular formula is C21H27N3O4S. The van der Waals surface area contributed by atoms with Crippen LogP contribution in [0.5, 0.6) is 0 Å². The highest BCUT2D eigenvalue weighted by molar-refractivity contribution is 7.89. The summed E-state index contributed by atoms with van der Waals surface area (Å²) in [6.45, 7) is 5.95. The van der Waals surface area contributed by atoms with E-state index in [-0.39, 0.29) is 10.5 Å². The molecule has 1 amide bonds. The van der Waals surface area contributed by atoms with Crippen molar-refractivity contribution >= 4 is 22.1 Å². The quantitative estimate of drug-likeness (QED) is 0.589. The molecule has 1 saturated carbocycles. The van der Waals surface area contributed by atoms with Crippen LogP contribution in [0.1, 0.15) is 37.0 Å².